The number of anilines is 3. The number of fused-ring (bicyclic) bond motifs is 1. The topological polar surface area (TPSA) is 106 Å². The van der Waals surface area contributed by atoms with Crippen LogP contribution in [0.4, 0.5) is 30.6 Å². The molecule has 0 aliphatic heterocycles. The predicted molar refractivity (Wildman–Crippen MR) is 123 cm³/mol. The number of benzene rings is 1. The van der Waals surface area contributed by atoms with E-state index in [4.69, 9.17) is 10.8 Å². The summed E-state index contributed by atoms with van der Waals surface area (Å²) in [4.78, 5) is 13.0. The maximum absolute atomic E-state index is 12.7. The number of imidazole rings is 1. The largest absolute Gasteiger partial charge is 0.416 e. The smallest absolute Gasteiger partial charge is 0.366 e. The maximum Gasteiger partial charge on any atom is 0.416 e. The summed E-state index contributed by atoms with van der Waals surface area (Å²) in [7, 11) is 0. The van der Waals surface area contributed by atoms with Crippen molar-refractivity contribution >= 4 is 23.1 Å². The Labute approximate surface area is 193 Å². The van der Waals surface area contributed by atoms with E-state index in [1.54, 1.807) is 23.1 Å². The van der Waals surface area contributed by atoms with Gasteiger partial charge in [-0.15, -0.1) is 5.10 Å². The zero-order valence-corrected chi connectivity index (χ0v) is 18.1. The molecule has 0 spiro atoms. The molecule has 0 bridgehead atoms. The minimum atomic E-state index is -4.38. The molecule has 4 N–H and O–H groups in total. The van der Waals surface area contributed by atoms with Crippen LogP contribution in [0.25, 0.3) is 16.9 Å². The van der Waals surface area contributed by atoms with Gasteiger partial charge >= 0.3 is 6.18 Å². The van der Waals surface area contributed by atoms with Crippen LogP contribution in [0.5, 0.6) is 0 Å². The molecule has 11 heteroatoms. The van der Waals surface area contributed by atoms with E-state index in [0.29, 0.717) is 22.9 Å². The van der Waals surface area contributed by atoms with Crippen LogP contribution in [-0.2, 0) is 6.18 Å². The summed E-state index contributed by atoms with van der Waals surface area (Å²) in [5.41, 5.74) is 7.87. The van der Waals surface area contributed by atoms with Crippen molar-refractivity contribution in [3.05, 3.63) is 60.6 Å². The minimum absolute atomic E-state index is 0.267. The molecule has 1 saturated carbocycles. The highest BCUT2D eigenvalue weighted by Gasteiger charge is 2.30. The molecule has 34 heavy (non-hydrogen) atoms. The second-order valence-electron chi connectivity index (χ2n) is 8.38. The molecule has 0 saturated heterocycles. The summed E-state index contributed by atoms with van der Waals surface area (Å²) in [6.07, 6.45) is 4.59. The summed E-state index contributed by atoms with van der Waals surface area (Å²) >= 11 is 0. The molecule has 1 aliphatic carbocycles. The Kier molecular flexibility index (Phi) is 5.78. The average Bonchev–Trinajstić information content (AvgIpc) is 3.24. The molecule has 4 aromatic rings. The first-order valence-corrected chi connectivity index (χ1v) is 11.0. The lowest BCUT2D eigenvalue weighted by atomic mass is 9.92. The van der Waals surface area contributed by atoms with Gasteiger partial charge in [0, 0.05) is 35.7 Å². The van der Waals surface area contributed by atoms with Gasteiger partial charge < -0.3 is 16.4 Å². The molecule has 1 fully saturated rings. The third-order valence-corrected chi connectivity index (χ3v) is 5.90. The van der Waals surface area contributed by atoms with E-state index in [1.165, 1.54) is 12.1 Å². The van der Waals surface area contributed by atoms with Gasteiger partial charge in [-0.1, -0.05) is 0 Å². The van der Waals surface area contributed by atoms with E-state index in [2.05, 4.69) is 25.6 Å². The van der Waals surface area contributed by atoms with Gasteiger partial charge in [0.1, 0.15) is 5.82 Å². The molecular formula is C23H23F3N8. The van der Waals surface area contributed by atoms with Crippen LogP contribution in [0.3, 0.4) is 0 Å². The van der Waals surface area contributed by atoms with E-state index >= 15 is 0 Å². The molecule has 1 aliphatic rings. The summed E-state index contributed by atoms with van der Waals surface area (Å²) in [5.74, 6) is 1.02. The van der Waals surface area contributed by atoms with Crippen LogP contribution >= 0.6 is 0 Å². The van der Waals surface area contributed by atoms with E-state index < -0.39 is 11.7 Å². The van der Waals surface area contributed by atoms with E-state index in [1.807, 2.05) is 12.1 Å². The SMILES string of the molecule is NC1CCC(Nc2ccc3ncc(-c4cnc(Nc5ccc(C(F)(F)F)cc5)nc4)n3n2)CC1. The van der Waals surface area contributed by atoms with Gasteiger partial charge in [0.15, 0.2) is 5.65 Å². The van der Waals surface area contributed by atoms with Crippen LogP contribution in [0.2, 0.25) is 0 Å². The molecule has 0 unspecified atom stereocenters. The van der Waals surface area contributed by atoms with Gasteiger partial charge in [0.25, 0.3) is 0 Å². The predicted octanol–water partition coefficient (Wildman–Crippen LogP) is 4.63. The number of hydrogen-bond acceptors (Lipinski definition) is 7. The van der Waals surface area contributed by atoms with Crippen LogP contribution in [0.15, 0.2) is 55.0 Å². The molecule has 0 radical (unpaired) electrons. The molecule has 3 heterocycles. The highest BCUT2D eigenvalue weighted by Crippen LogP contribution is 2.30. The zero-order chi connectivity index (χ0) is 23.7. The lowest BCUT2D eigenvalue weighted by Gasteiger charge is -2.27. The number of aromatic nitrogens is 5. The third-order valence-electron chi connectivity index (χ3n) is 5.90. The number of hydrogen-bond donors (Lipinski definition) is 3. The molecule has 0 atom stereocenters. The van der Waals surface area contributed by atoms with Crippen molar-refractivity contribution in [1.29, 1.82) is 0 Å². The zero-order valence-electron chi connectivity index (χ0n) is 18.1. The summed E-state index contributed by atoms with van der Waals surface area (Å²) in [6, 6.07) is 9.12. The first kappa shape index (κ1) is 22.1. The van der Waals surface area contributed by atoms with Crippen molar-refractivity contribution in [3.8, 4) is 11.3 Å². The van der Waals surface area contributed by atoms with Gasteiger partial charge in [-0.2, -0.15) is 13.2 Å². The minimum Gasteiger partial charge on any atom is -0.366 e. The fourth-order valence-electron chi connectivity index (χ4n) is 4.02. The Morgan fingerprint density at radius 2 is 1.59 bits per heavy atom. The van der Waals surface area contributed by atoms with Crippen molar-refractivity contribution < 1.29 is 13.2 Å². The van der Waals surface area contributed by atoms with Crippen molar-refractivity contribution in [2.45, 2.75) is 43.9 Å². The lowest BCUT2D eigenvalue weighted by Crippen LogP contribution is -2.33. The number of rotatable bonds is 5. The van der Waals surface area contributed by atoms with Crippen molar-refractivity contribution in [2.24, 2.45) is 5.73 Å². The van der Waals surface area contributed by atoms with E-state index in [-0.39, 0.29) is 12.0 Å². The average molecular weight is 468 g/mol. The van der Waals surface area contributed by atoms with Crippen LogP contribution in [-0.4, -0.2) is 36.6 Å². The first-order valence-electron chi connectivity index (χ1n) is 11.0. The Morgan fingerprint density at radius 3 is 2.26 bits per heavy atom. The number of nitrogens with zero attached hydrogens (tertiary/aromatic N) is 5. The van der Waals surface area contributed by atoms with Gasteiger partial charge in [-0.3, -0.25) is 0 Å². The Hall–Kier alpha value is -3.73. The summed E-state index contributed by atoms with van der Waals surface area (Å²) in [5, 5.41) is 11.1. The van der Waals surface area contributed by atoms with Gasteiger partial charge in [-0.05, 0) is 62.1 Å². The normalized spacial score (nSPS) is 18.7. The van der Waals surface area contributed by atoms with E-state index in [0.717, 1.165) is 49.3 Å². The molecule has 176 valence electrons. The quantitative estimate of drug-likeness (QED) is 0.392. The standard InChI is InChI=1S/C23H23F3N8/c24-23(25,26)15-1-5-18(6-2-15)32-22-29-11-14(12-30-22)19-13-28-21-10-9-20(33-34(19)21)31-17-7-3-16(27)4-8-17/h1-2,5-6,9-13,16-17H,3-4,7-8,27H2,(H,31,33)(H,29,30,32). The summed E-state index contributed by atoms with van der Waals surface area (Å²) < 4.78 is 39.9. The van der Waals surface area contributed by atoms with Gasteiger partial charge in [0.2, 0.25) is 5.95 Å². The monoisotopic (exact) mass is 468 g/mol. The van der Waals surface area contributed by atoms with Gasteiger partial charge in [-0.25, -0.2) is 19.5 Å². The molecule has 0 amide bonds. The molecule has 8 nitrogen and oxygen atoms in total. The first-order chi connectivity index (χ1) is 16.3. The van der Waals surface area contributed by atoms with E-state index in [9.17, 15) is 13.2 Å². The molecular weight excluding hydrogens is 445 g/mol. The number of alkyl halides is 3. The second-order valence-corrected chi connectivity index (χ2v) is 8.38. The molecule has 3 aromatic heterocycles. The third kappa shape index (κ3) is 4.79. The van der Waals surface area contributed by atoms with Gasteiger partial charge in [0.05, 0.1) is 17.5 Å². The van der Waals surface area contributed by atoms with Crippen LogP contribution < -0.4 is 16.4 Å². The molecule has 5 rings (SSSR count). The highest BCUT2D eigenvalue weighted by atomic mass is 19.4. The number of nitrogens with two attached hydrogens (primary N) is 1. The van der Waals surface area contributed by atoms with Crippen molar-refractivity contribution in [2.75, 3.05) is 10.6 Å². The summed E-state index contributed by atoms with van der Waals surface area (Å²) in [6.45, 7) is 0. The van der Waals surface area contributed by atoms with Crippen LogP contribution in [0.1, 0.15) is 31.2 Å². The Bertz CT molecular complexity index is 1260. The fraction of sp³-hybridized carbons (Fsp3) is 0.304. The van der Waals surface area contributed by atoms with Crippen molar-refractivity contribution in [3.63, 3.8) is 0 Å². The van der Waals surface area contributed by atoms with Crippen LogP contribution in [0, 0.1) is 0 Å². The number of nitrogens with one attached hydrogen (secondary N) is 2. The molecule has 1 aromatic carbocycles. The van der Waals surface area contributed by atoms with Crippen molar-refractivity contribution in [1.82, 2.24) is 24.6 Å². The second kappa shape index (κ2) is 8.90. The maximum atomic E-state index is 12.7. The Balaban J connectivity index is 1.31. The number of halogens is 3. The lowest BCUT2D eigenvalue weighted by molar-refractivity contribution is -0.137. The Morgan fingerprint density at radius 1 is 0.882 bits per heavy atom. The highest BCUT2D eigenvalue weighted by molar-refractivity contribution is 5.63. The fourth-order valence-corrected chi connectivity index (χ4v) is 4.02.